The average molecular weight is 1090 g/mol. The zero-order valence-electron chi connectivity index (χ0n) is 43.0. The molecule has 0 saturated carbocycles. The lowest BCUT2D eigenvalue weighted by Gasteiger charge is -2.44. The Morgan fingerprint density at radius 2 is 1.21 bits per heavy atom. The molecule has 9 saturated heterocycles. The molecule has 5 aromatic carbocycles. The molecule has 0 amide bonds. The van der Waals surface area contributed by atoms with Crippen molar-refractivity contribution in [2.45, 2.75) is 83.9 Å². The van der Waals surface area contributed by atoms with Gasteiger partial charge in [-0.1, -0.05) is 76.1 Å². The molecule has 75 heavy (non-hydrogen) atoms. The number of pyridine rings is 1. The fourth-order valence-electron chi connectivity index (χ4n) is 11.8. The van der Waals surface area contributed by atoms with E-state index in [9.17, 15) is 15.2 Å². The number of nitriles is 1. The van der Waals surface area contributed by atoms with E-state index in [-0.39, 0.29) is 25.4 Å². The molecule has 6 bridgehead atoms. The molecule has 0 aliphatic carbocycles. The third kappa shape index (κ3) is 12.9. The van der Waals surface area contributed by atoms with Crippen LogP contribution in [0.25, 0.3) is 22.3 Å². The summed E-state index contributed by atoms with van der Waals surface area (Å²) in [4.78, 5) is 23.3. The average Bonchev–Trinajstić information content (AvgIpc) is 3.45. The van der Waals surface area contributed by atoms with E-state index >= 15 is 0 Å². The van der Waals surface area contributed by atoms with Gasteiger partial charge in [-0.2, -0.15) is 5.26 Å². The van der Waals surface area contributed by atoms with Crippen LogP contribution in [0, 0.1) is 42.9 Å². The number of hydrogen-bond donors (Lipinski definition) is 1. The summed E-state index contributed by atoms with van der Waals surface area (Å²) in [6.07, 6.45) is 12.0. The van der Waals surface area contributed by atoms with Crippen LogP contribution in [-0.4, -0.2) is 108 Å². The minimum Gasteiger partial charge on any atom is -0.489 e. The molecule has 0 spiro atoms. The molecule has 10 heterocycles. The van der Waals surface area contributed by atoms with E-state index in [1.165, 1.54) is 101 Å². The molecule has 3 unspecified atom stereocenters. The van der Waals surface area contributed by atoms with Gasteiger partial charge in [-0.05, 0) is 197 Å². The van der Waals surface area contributed by atoms with Crippen LogP contribution in [0.15, 0.2) is 120 Å². The molecule has 1 aromatic heterocycles. The summed E-state index contributed by atoms with van der Waals surface area (Å²) in [5, 5.41) is 18.8. The molecule has 9 aliphatic rings. The number of fused-ring (bicyclic) bond motifs is 9. The van der Waals surface area contributed by atoms with Crippen LogP contribution in [0.1, 0.15) is 76.7 Å². The fraction of sp³-hybridized carbons (Fsp3) is 0.403. The predicted molar refractivity (Wildman–Crippen MR) is 298 cm³/mol. The molecular weight excluding hydrogens is 1030 g/mol. The first-order valence-electron chi connectivity index (χ1n) is 26.7. The number of piperidine rings is 9. The number of carbonyl (C=O) groups excluding carboxylic acids is 1. The van der Waals surface area contributed by atoms with Crippen molar-refractivity contribution < 1.29 is 28.8 Å². The van der Waals surface area contributed by atoms with Gasteiger partial charge in [0.25, 0.3) is 0 Å². The molecule has 390 valence electrons. The molecule has 13 heteroatoms. The van der Waals surface area contributed by atoms with Crippen molar-refractivity contribution >= 4 is 33.8 Å². The number of hydrogen-bond acceptors (Lipinski definition) is 11. The van der Waals surface area contributed by atoms with Crippen molar-refractivity contribution in [3.05, 3.63) is 158 Å². The van der Waals surface area contributed by atoms with Crippen molar-refractivity contribution in [1.82, 2.24) is 19.7 Å². The largest absolute Gasteiger partial charge is 0.489 e. The Balaban J connectivity index is 0.000000206. The smallest absolute Gasteiger partial charge is 0.153 e. The molecule has 1 N–H and O–H groups in total. The predicted octanol–water partition coefficient (Wildman–Crippen LogP) is 12.0. The Labute approximate surface area is 455 Å². The van der Waals surface area contributed by atoms with Gasteiger partial charge in [-0.25, -0.2) is 0 Å². The fourth-order valence-corrected chi connectivity index (χ4v) is 12.3. The minimum absolute atomic E-state index is 0.00694. The quantitative estimate of drug-likeness (QED) is 0.111. The van der Waals surface area contributed by atoms with E-state index in [0.717, 1.165) is 69.3 Å². The minimum atomic E-state index is -0.00694. The number of benzene rings is 5. The zero-order chi connectivity index (χ0) is 51.8. The maximum absolute atomic E-state index is 11.8. The van der Waals surface area contributed by atoms with Crippen LogP contribution in [0.4, 0.5) is 0 Å². The monoisotopic (exact) mass is 1090 g/mol. The number of nitrogens with zero attached hydrogens (tertiary/aromatic N) is 5. The Morgan fingerprint density at radius 3 is 1.75 bits per heavy atom. The van der Waals surface area contributed by atoms with Gasteiger partial charge in [0.1, 0.15) is 54.5 Å². The van der Waals surface area contributed by atoms with Gasteiger partial charge in [0.15, 0.2) is 6.29 Å². The van der Waals surface area contributed by atoms with E-state index < -0.39 is 0 Å². The highest BCUT2D eigenvalue weighted by Crippen LogP contribution is 2.38. The normalized spacial score (nSPS) is 24.9. The summed E-state index contributed by atoms with van der Waals surface area (Å²) in [5.41, 5.74) is 9.39. The summed E-state index contributed by atoms with van der Waals surface area (Å²) >= 11 is 9.98. The van der Waals surface area contributed by atoms with Crippen molar-refractivity contribution in [2.75, 3.05) is 58.9 Å². The lowest BCUT2D eigenvalue weighted by Crippen LogP contribution is -2.52. The van der Waals surface area contributed by atoms with Gasteiger partial charge < -0.3 is 29.0 Å². The highest BCUT2D eigenvalue weighted by Gasteiger charge is 2.37. The standard InChI is InChI=1S/C42H38ClN3O4.C13H16BrNO.C7H13NO/c1-27-33(26-49-41-19-40(34(24-47)18-39(41)43)48-25-30-17-29(20-44)21-45-22-30)5-3-7-37(27)38-8-4-6-36(28(38)2)31-9-11-35(12-10-31)50-42-23-46-15-13-32(42)14-16-46;14-11-1-3-12(4-2-11)16-13-9-15-7-5-10(13)6-8-15;9-7-5-8-3-1-6(7)2-4-8/h3-12,17-19,21-22,24,32,42H,13-16,23,25-26H2,1-2H3;1-4,10,13H,5-9H2;6-7,9H,1-5H2. The number of ether oxygens (including phenoxy) is 4. The molecule has 3 atom stereocenters. The number of carbonyl (C=O) groups is 1. The summed E-state index contributed by atoms with van der Waals surface area (Å²) < 4.78 is 25.8. The number of aromatic nitrogens is 1. The van der Waals surface area contributed by atoms with Crippen LogP contribution in [0.2, 0.25) is 5.02 Å². The first-order valence-corrected chi connectivity index (χ1v) is 27.9. The molecule has 11 nitrogen and oxygen atoms in total. The molecule has 15 rings (SSSR count). The third-order valence-electron chi connectivity index (χ3n) is 16.3. The van der Waals surface area contributed by atoms with Gasteiger partial charge in [0.05, 0.1) is 22.3 Å². The molecular formula is C62H67BrClN5O6. The third-order valence-corrected chi connectivity index (χ3v) is 17.2. The first kappa shape index (κ1) is 52.7. The van der Waals surface area contributed by atoms with Crippen LogP contribution in [0.3, 0.4) is 0 Å². The van der Waals surface area contributed by atoms with E-state index in [1.54, 1.807) is 18.3 Å². The highest BCUT2D eigenvalue weighted by atomic mass is 79.9. The van der Waals surface area contributed by atoms with Crippen molar-refractivity contribution in [2.24, 2.45) is 17.8 Å². The Bertz CT molecular complexity index is 2950. The Hall–Kier alpha value is -5.78. The topological polar surface area (TPSA) is 121 Å². The summed E-state index contributed by atoms with van der Waals surface area (Å²) in [6, 6.07) is 36.3. The molecule has 9 fully saturated rings. The van der Waals surface area contributed by atoms with Gasteiger partial charge in [-0.3, -0.25) is 19.6 Å². The van der Waals surface area contributed by atoms with E-state index in [2.05, 4.69) is 104 Å². The van der Waals surface area contributed by atoms with Crippen molar-refractivity contribution in [3.63, 3.8) is 0 Å². The van der Waals surface area contributed by atoms with Crippen molar-refractivity contribution in [1.29, 1.82) is 5.26 Å². The zero-order valence-corrected chi connectivity index (χ0v) is 45.4. The SMILES string of the molecule is Brc1ccc(OC2CN3CCC2CC3)cc1.Cc1c(COc2cc(OCc3cncc(C#N)c3)c(C=O)cc2Cl)cccc1-c1cccc(-c2ccc(OC3CN4CCC3CC4)cc2)c1C.OC1CN2CCC1CC2. The Kier molecular flexibility index (Phi) is 17.2. The van der Waals surface area contributed by atoms with Crippen LogP contribution in [0.5, 0.6) is 23.0 Å². The summed E-state index contributed by atoms with van der Waals surface area (Å²) in [6.45, 7) is 15.2. The maximum atomic E-state index is 11.8. The van der Waals surface area contributed by atoms with Gasteiger partial charge in [0, 0.05) is 48.1 Å². The van der Waals surface area contributed by atoms with Gasteiger partial charge in [-0.15, -0.1) is 0 Å². The highest BCUT2D eigenvalue weighted by molar-refractivity contribution is 9.10. The second kappa shape index (κ2) is 24.5. The van der Waals surface area contributed by atoms with E-state index in [4.69, 9.17) is 30.5 Å². The molecule has 9 aliphatic heterocycles. The second-order valence-electron chi connectivity index (χ2n) is 21.0. The second-order valence-corrected chi connectivity index (χ2v) is 22.4. The van der Waals surface area contributed by atoms with Crippen LogP contribution < -0.4 is 18.9 Å². The number of aldehydes is 1. The molecule has 6 aromatic rings. The van der Waals surface area contributed by atoms with E-state index in [1.807, 2.05) is 36.4 Å². The van der Waals surface area contributed by atoms with Crippen LogP contribution >= 0.6 is 27.5 Å². The number of aliphatic hydroxyl groups excluding tert-OH is 1. The van der Waals surface area contributed by atoms with E-state index in [0.29, 0.717) is 57.4 Å². The van der Waals surface area contributed by atoms with Crippen molar-refractivity contribution in [3.8, 4) is 51.3 Å². The van der Waals surface area contributed by atoms with Gasteiger partial charge >= 0.3 is 0 Å². The number of aliphatic hydroxyl groups is 1. The number of halogens is 2. The lowest BCUT2D eigenvalue weighted by molar-refractivity contribution is -0.0227. The maximum Gasteiger partial charge on any atom is 0.153 e. The molecule has 0 radical (unpaired) electrons. The Morgan fingerprint density at radius 1 is 0.667 bits per heavy atom. The van der Waals surface area contributed by atoms with Gasteiger partial charge in [0.2, 0.25) is 0 Å². The first-order chi connectivity index (χ1) is 36.6. The van der Waals surface area contributed by atoms with Crippen LogP contribution in [-0.2, 0) is 13.2 Å². The number of rotatable bonds is 13. The summed E-state index contributed by atoms with van der Waals surface area (Å²) in [5.74, 6) is 4.74. The lowest BCUT2D eigenvalue weighted by atomic mass is 9.86. The summed E-state index contributed by atoms with van der Waals surface area (Å²) in [7, 11) is 0.